The van der Waals surface area contributed by atoms with Crippen LogP contribution in [0.1, 0.15) is 11.7 Å². The van der Waals surface area contributed by atoms with Gasteiger partial charge in [0.05, 0.1) is 11.6 Å². The summed E-state index contributed by atoms with van der Waals surface area (Å²) < 4.78 is 0. The van der Waals surface area contributed by atoms with E-state index >= 15 is 0 Å². The average Bonchev–Trinajstić information content (AvgIpc) is 2.52. The fraction of sp³-hybridized carbons (Fsp3) is 0.125. The number of nitrogens with zero attached hydrogens (tertiary/aromatic N) is 2. The van der Waals surface area contributed by atoms with Crippen molar-refractivity contribution in [3.63, 3.8) is 0 Å². The summed E-state index contributed by atoms with van der Waals surface area (Å²) in [5, 5.41) is 15.4. The molecule has 1 aromatic heterocycles. The molecule has 0 aliphatic heterocycles. The Morgan fingerprint density at radius 3 is 2.73 bits per heavy atom. The van der Waals surface area contributed by atoms with Gasteiger partial charge >= 0.3 is 0 Å². The van der Waals surface area contributed by atoms with E-state index in [1.54, 1.807) is 24.3 Å². The molecule has 2 N–H and O–H groups in total. The van der Waals surface area contributed by atoms with E-state index in [4.69, 9.17) is 23.2 Å². The number of benzene rings is 2. The van der Waals surface area contributed by atoms with Gasteiger partial charge in [-0.15, -0.1) is 0 Å². The molecule has 1 unspecified atom stereocenters. The Kier molecular flexibility index (Phi) is 4.43. The second kappa shape index (κ2) is 6.48. The quantitative estimate of drug-likeness (QED) is 0.755. The predicted octanol–water partition coefficient (Wildman–Crippen LogP) is 4.08. The van der Waals surface area contributed by atoms with Crippen molar-refractivity contribution in [2.45, 2.75) is 6.10 Å². The van der Waals surface area contributed by atoms with Crippen molar-refractivity contribution in [2.24, 2.45) is 0 Å². The first-order chi connectivity index (χ1) is 10.6. The van der Waals surface area contributed by atoms with Crippen LogP contribution in [-0.4, -0.2) is 21.6 Å². The highest BCUT2D eigenvalue weighted by atomic mass is 35.5. The molecule has 22 heavy (non-hydrogen) atoms. The number of hydrogen-bond donors (Lipinski definition) is 2. The molecule has 0 saturated carbocycles. The van der Waals surface area contributed by atoms with E-state index in [2.05, 4.69) is 15.3 Å². The SMILES string of the molecule is OC(CNc1ncnc2cc(Cl)ccc12)c1ccccc1Cl. The zero-order valence-electron chi connectivity index (χ0n) is 11.5. The molecule has 3 aromatic rings. The van der Waals surface area contributed by atoms with Crippen LogP contribution in [0.5, 0.6) is 0 Å². The zero-order valence-corrected chi connectivity index (χ0v) is 13.0. The normalized spacial score (nSPS) is 12.3. The number of aromatic nitrogens is 2. The van der Waals surface area contributed by atoms with Gasteiger partial charge in [0.2, 0.25) is 0 Å². The Morgan fingerprint density at radius 1 is 1.09 bits per heavy atom. The van der Waals surface area contributed by atoms with Gasteiger partial charge in [-0.2, -0.15) is 0 Å². The zero-order chi connectivity index (χ0) is 15.5. The standard InChI is InChI=1S/C16H13Cl2N3O/c17-10-5-6-12-14(7-10)20-9-21-16(12)19-8-15(22)11-3-1-2-4-13(11)18/h1-7,9,15,22H,8H2,(H,19,20,21). The van der Waals surface area contributed by atoms with Crippen molar-refractivity contribution < 1.29 is 5.11 Å². The Morgan fingerprint density at radius 2 is 1.91 bits per heavy atom. The van der Waals surface area contributed by atoms with Crippen LogP contribution < -0.4 is 5.32 Å². The first-order valence-electron chi connectivity index (χ1n) is 6.72. The Hall–Kier alpha value is -1.88. The lowest BCUT2D eigenvalue weighted by Gasteiger charge is -2.14. The van der Waals surface area contributed by atoms with Gasteiger partial charge in [-0.1, -0.05) is 41.4 Å². The van der Waals surface area contributed by atoms with Crippen LogP contribution in [0.3, 0.4) is 0 Å². The molecule has 0 radical (unpaired) electrons. The van der Waals surface area contributed by atoms with E-state index < -0.39 is 6.10 Å². The van der Waals surface area contributed by atoms with E-state index in [1.807, 2.05) is 18.2 Å². The van der Waals surface area contributed by atoms with Crippen LogP contribution in [0, 0.1) is 0 Å². The van der Waals surface area contributed by atoms with Gasteiger partial charge in [-0.3, -0.25) is 0 Å². The minimum Gasteiger partial charge on any atom is -0.387 e. The maximum absolute atomic E-state index is 10.3. The van der Waals surface area contributed by atoms with Crippen LogP contribution >= 0.6 is 23.2 Å². The molecular formula is C16H13Cl2N3O. The molecule has 3 rings (SSSR count). The molecule has 2 aromatic carbocycles. The van der Waals surface area contributed by atoms with Crippen molar-refractivity contribution in [3.05, 3.63) is 64.4 Å². The molecule has 0 aliphatic rings. The van der Waals surface area contributed by atoms with Gasteiger partial charge in [-0.05, 0) is 24.3 Å². The summed E-state index contributed by atoms with van der Waals surface area (Å²) in [7, 11) is 0. The van der Waals surface area contributed by atoms with Crippen molar-refractivity contribution in [1.29, 1.82) is 0 Å². The monoisotopic (exact) mass is 333 g/mol. The number of aliphatic hydroxyl groups is 1. The van der Waals surface area contributed by atoms with Crippen LogP contribution in [0.4, 0.5) is 5.82 Å². The second-order valence-corrected chi connectivity index (χ2v) is 5.65. The molecule has 0 saturated heterocycles. The van der Waals surface area contributed by atoms with Gasteiger partial charge in [0.25, 0.3) is 0 Å². The molecule has 0 aliphatic carbocycles. The summed E-state index contributed by atoms with van der Waals surface area (Å²) in [6.07, 6.45) is 0.731. The summed E-state index contributed by atoms with van der Waals surface area (Å²) in [6, 6.07) is 12.6. The smallest absolute Gasteiger partial charge is 0.137 e. The Labute approximate surface area is 137 Å². The number of hydrogen-bond acceptors (Lipinski definition) is 4. The summed E-state index contributed by atoms with van der Waals surface area (Å²) in [6.45, 7) is 0.290. The van der Waals surface area contributed by atoms with Crippen molar-refractivity contribution in [3.8, 4) is 0 Å². The molecule has 6 heteroatoms. The molecule has 1 heterocycles. The van der Waals surface area contributed by atoms with Crippen LogP contribution in [0.15, 0.2) is 48.8 Å². The highest BCUT2D eigenvalue weighted by Gasteiger charge is 2.12. The first-order valence-corrected chi connectivity index (χ1v) is 7.47. The second-order valence-electron chi connectivity index (χ2n) is 4.80. The van der Waals surface area contributed by atoms with Gasteiger partial charge in [0, 0.05) is 27.5 Å². The molecule has 0 bridgehead atoms. The maximum Gasteiger partial charge on any atom is 0.137 e. The Balaban J connectivity index is 1.81. The summed E-state index contributed by atoms with van der Waals surface area (Å²) in [4.78, 5) is 8.40. The van der Waals surface area contributed by atoms with E-state index in [0.717, 1.165) is 10.9 Å². The highest BCUT2D eigenvalue weighted by Crippen LogP contribution is 2.25. The number of rotatable bonds is 4. The minimum absolute atomic E-state index is 0.290. The van der Waals surface area contributed by atoms with Gasteiger partial charge < -0.3 is 10.4 Å². The molecule has 0 spiro atoms. The molecular weight excluding hydrogens is 321 g/mol. The summed E-state index contributed by atoms with van der Waals surface area (Å²) >= 11 is 12.0. The molecule has 4 nitrogen and oxygen atoms in total. The fourth-order valence-corrected chi connectivity index (χ4v) is 2.65. The van der Waals surface area contributed by atoms with Crippen LogP contribution in [0.25, 0.3) is 10.9 Å². The number of nitrogens with one attached hydrogen (secondary N) is 1. The average molecular weight is 334 g/mol. The number of fused-ring (bicyclic) bond motifs is 1. The third-order valence-electron chi connectivity index (χ3n) is 3.33. The van der Waals surface area contributed by atoms with Gasteiger partial charge in [0.15, 0.2) is 0 Å². The first kappa shape index (κ1) is 15.0. The van der Waals surface area contributed by atoms with Crippen LogP contribution in [-0.2, 0) is 0 Å². The van der Waals surface area contributed by atoms with E-state index in [0.29, 0.717) is 28.0 Å². The van der Waals surface area contributed by atoms with E-state index in [-0.39, 0.29) is 0 Å². The summed E-state index contributed by atoms with van der Waals surface area (Å²) in [5.41, 5.74) is 1.43. The van der Waals surface area contributed by atoms with Gasteiger partial charge in [0.1, 0.15) is 12.1 Å². The lowest BCUT2D eigenvalue weighted by Crippen LogP contribution is -2.13. The lowest BCUT2D eigenvalue weighted by molar-refractivity contribution is 0.191. The highest BCUT2D eigenvalue weighted by molar-refractivity contribution is 6.31. The fourth-order valence-electron chi connectivity index (χ4n) is 2.22. The topological polar surface area (TPSA) is 58.0 Å². The largest absolute Gasteiger partial charge is 0.387 e. The van der Waals surface area contributed by atoms with Crippen molar-refractivity contribution in [2.75, 3.05) is 11.9 Å². The molecule has 112 valence electrons. The lowest BCUT2D eigenvalue weighted by atomic mass is 10.1. The number of halogens is 2. The van der Waals surface area contributed by atoms with Crippen LogP contribution in [0.2, 0.25) is 10.0 Å². The summed E-state index contributed by atoms with van der Waals surface area (Å²) in [5.74, 6) is 0.646. The van der Waals surface area contributed by atoms with Gasteiger partial charge in [-0.25, -0.2) is 9.97 Å². The number of aliphatic hydroxyl groups excluding tert-OH is 1. The van der Waals surface area contributed by atoms with E-state index in [9.17, 15) is 5.11 Å². The van der Waals surface area contributed by atoms with Crippen molar-refractivity contribution in [1.82, 2.24) is 9.97 Å². The van der Waals surface area contributed by atoms with Crippen molar-refractivity contribution >= 4 is 39.9 Å². The molecule has 0 amide bonds. The molecule has 0 fully saturated rings. The molecule has 1 atom stereocenters. The van der Waals surface area contributed by atoms with E-state index in [1.165, 1.54) is 6.33 Å². The third kappa shape index (κ3) is 3.14. The predicted molar refractivity (Wildman–Crippen MR) is 89.4 cm³/mol. The maximum atomic E-state index is 10.3. The minimum atomic E-state index is -0.731. The third-order valence-corrected chi connectivity index (χ3v) is 3.90. The Bertz CT molecular complexity index is 810. The number of anilines is 1.